The van der Waals surface area contributed by atoms with Crippen molar-refractivity contribution in [3.8, 4) is 0 Å². The van der Waals surface area contributed by atoms with Crippen LogP contribution in [0.25, 0.3) is 0 Å². The van der Waals surface area contributed by atoms with Crippen molar-refractivity contribution in [1.82, 2.24) is 9.80 Å². The van der Waals surface area contributed by atoms with Crippen molar-refractivity contribution >= 4 is 5.91 Å². The van der Waals surface area contributed by atoms with Crippen LogP contribution in [-0.4, -0.2) is 54.0 Å². The molecule has 3 atom stereocenters. The summed E-state index contributed by atoms with van der Waals surface area (Å²) >= 11 is 0. The fourth-order valence-corrected chi connectivity index (χ4v) is 1.99. The molecule has 1 unspecified atom stereocenters. The molecule has 1 saturated heterocycles. The summed E-state index contributed by atoms with van der Waals surface area (Å²) in [5.41, 5.74) is 5.77. The number of carbonyl (C=O) groups is 1. The zero-order valence-corrected chi connectivity index (χ0v) is 10.2. The maximum atomic E-state index is 11.9. The summed E-state index contributed by atoms with van der Waals surface area (Å²) in [6.45, 7) is 7.84. The van der Waals surface area contributed by atoms with Crippen molar-refractivity contribution in [3.63, 3.8) is 0 Å². The fourth-order valence-electron chi connectivity index (χ4n) is 1.99. The van der Waals surface area contributed by atoms with Crippen LogP contribution < -0.4 is 5.73 Å². The molecule has 1 rings (SSSR count). The van der Waals surface area contributed by atoms with Gasteiger partial charge in [0.2, 0.25) is 5.91 Å². The number of amides is 1. The monoisotopic (exact) mass is 213 g/mol. The lowest BCUT2D eigenvalue weighted by atomic mass is 10.1. The molecule has 0 aromatic heterocycles. The van der Waals surface area contributed by atoms with Crippen molar-refractivity contribution in [2.45, 2.75) is 45.3 Å². The molecule has 4 nitrogen and oxygen atoms in total. The van der Waals surface area contributed by atoms with Crippen LogP contribution in [0.15, 0.2) is 0 Å². The summed E-state index contributed by atoms with van der Waals surface area (Å²) in [5.74, 6) is 0.101. The smallest absolute Gasteiger partial charge is 0.239 e. The molecule has 0 radical (unpaired) electrons. The van der Waals surface area contributed by atoms with Gasteiger partial charge < -0.3 is 10.6 Å². The van der Waals surface area contributed by atoms with Gasteiger partial charge in [0.05, 0.1) is 6.04 Å². The number of piperazine rings is 1. The Labute approximate surface area is 92.4 Å². The van der Waals surface area contributed by atoms with Crippen LogP contribution in [0.2, 0.25) is 0 Å². The molecule has 1 fully saturated rings. The van der Waals surface area contributed by atoms with Gasteiger partial charge in [-0.2, -0.15) is 0 Å². The van der Waals surface area contributed by atoms with E-state index in [-0.39, 0.29) is 11.9 Å². The molecule has 0 aromatic carbocycles. The second-order valence-electron chi connectivity index (χ2n) is 4.62. The molecular formula is C11H23N3O. The summed E-state index contributed by atoms with van der Waals surface area (Å²) in [4.78, 5) is 16.1. The van der Waals surface area contributed by atoms with Crippen LogP contribution in [-0.2, 0) is 4.79 Å². The Morgan fingerprint density at radius 1 is 1.40 bits per heavy atom. The minimum atomic E-state index is -0.326. The van der Waals surface area contributed by atoms with Gasteiger partial charge in [0.1, 0.15) is 0 Å². The van der Waals surface area contributed by atoms with Gasteiger partial charge in [-0.15, -0.1) is 0 Å². The van der Waals surface area contributed by atoms with Gasteiger partial charge in [0.25, 0.3) is 0 Å². The second kappa shape index (κ2) is 4.94. The maximum Gasteiger partial charge on any atom is 0.239 e. The predicted molar refractivity (Wildman–Crippen MR) is 61.5 cm³/mol. The van der Waals surface area contributed by atoms with Crippen molar-refractivity contribution < 1.29 is 4.79 Å². The molecule has 0 bridgehead atoms. The third-order valence-corrected chi connectivity index (χ3v) is 3.43. The van der Waals surface area contributed by atoms with E-state index in [2.05, 4.69) is 25.8 Å². The number of hydrogen-bond acceptors (Lipinski definition) is 3. The third-order valence-electron chi connectivity index (χ3n) is 3.43. The number of hydrogen-bond donors (Lipinski definition) is 1. The van der Waals surface area contributed by atoms with E-state index in [1.807, 2.05) is 11.8 Å². The Morgan fingerprint density at radius 3 is 2.27 bits per heavy atom. The van der Waals surface area contributed by atoms with E-state index in [9.17, 15) is 4.79 Å². The Bertz CT molecular complexity index is 220. The lowest BCUT2D eigenvalue weighted by Gasteiger charge is -2.43. The van der Waals surface area contributed by atoms with Crippen molar-refractivity contribution in [3.05, 3.63) is 0 Å². The van der Waals surface area contributed by atoms with E-state index in [1.165, 1.54) is 0 Å². The minimum Gasteiger partial charge on any atom is -0.338 e. The van der Waals surface area contributed by atoms with Crippen LogP contribution in [0.3, 0.4) is 0 Å². The van der Waals surface area contributed by atoms with E-state index in [0.717, 1.165) is 13.1 Å². The molecule has 1 heterocycles. The quantitative estimate of drug-likeness (QED) is 0.716. The van der Waals surface area contributed by atoms with Crippen molar-refractivity contribution in [2.75, 3.05) is 20.1 Å². The van der Waals surface area contributed by atoms with Gasteiger partial charge in [0.15, 0.2) is 0 Å². The summed E-state index contributed by atoms with van der Waals surface area (Å²) in [5, 5.41) is 0. The molecule has 0 spiro atoms. The van der Waals surface area contributed by atoms with Crippen LogP contribution in [0.4, 0.5) is 0 Å². The highest BCUT2D eigenvalue weighted by Crippen LogP contribution is 2.14. The molecule has 1 aliphatic rings. The highest BCUT2D eigenvalue weighted by atomic mass is 16.2. The lowest BCUT2D eigenvalue weighted by molar-refractivity contribution is -0.136. The van der Waals surface area contributed by atoms with Crippen LogP contribution in [0.1, 0.15) is 27.2 Å². The van der Waals surface area contributed by atoms with Gasteiger partial charge >= 0.3 is 0 Å². The Balaban J connectivity index is 2.61. The second-order valence-corrected chi connectivity index (χ2v) is 4.62. The molecule has 15 heavy (non-hydrogen) atoms. The van der Waals surface area contributed by atoms with E-state index in [0.29, 0.717) is 18.5 Å². The molecule has 1 amide bonds. The zero-order valence-electron chi connectivity index (χ0n) is 10.2. The number of likely N-dealkylation sites (N-methyl/N-ethyl adjacent to an activating group) is 1. The van der Waals surface area contributed by atoms with E-state index in [4.69, 9.17) is 5.73 Å². The largest absolute Gasteiger partial charge is 0.338 e. The van der Waals surface area contributed by atoms with E-state index >= 15 is 0 Å². The van der Waals surface area contributed by atoms with Crippen molar-refractivity contribution in [2.24, 2.45) is 5.73 Å². The first-order valence-corrected chi connectivity index (χ1v) is 5.73. The minimum absolute atomic E-state index is 0.101. The average molecular weight is 213 g/mol. The SMILES string of the molecule is CCC(N)C(=O)N1C[C@@H](C)N(C)[C@@H](C)C1. The first kappa shape index (κ1) is 12.5. The molecule has 2 N–H and O–H groups in total. The van der Waals surface area contributed by atoms with Gasteiger partial charge in [-0.1, -0.05) is 6.92 Å². The van der Waals surface area contributed by atoms with Gasteiger partial charge in [-0.25, -0.2) is 0 Å². The van der Waals surface area contributed by atoms with Gasteiger partial charge in [-0.3, -0.25) is 9.69 Å². The zero-order chi connectivity index (χ0) is 11.6. The van der Waals surface area contributed by atoms with Gasteiger partial charge in [0, 0.05) is 25.2 Å². The molecule has 0 aromatic rings. The van der Waals surface area contributed by atoms with Crippen LogP contribution in [0, 0.1) is 0 Å². The Morgan fingerprint density at radius 2 is 1.87 bits per heavy atom. The topological polar surface area (TPSA) is 49.6 Å². The Kier molecular flexibility index (Phi) is 4.11. The fraction of sp³-hybridized carbons (Fsp3) is 0.909. The number of rotatable bonds is 2. The first-order chi connectivity index (χ1) is 6.97. The maximum absolute atomic E-state index is 11.9. The summed E-state index contributed by atoms with van der Waals surface area (Å²) < 4.78 is 0. The average Bonchev–Trinajstić information content (AvgIpc) is 2.23. The highest BCUT2D eigenvalue weighted by Gasteiger charge is 2.30. The lowest BCUT2D eigenvalue weighted by Crippen LogP contribution is -2.59. The first-order valence-electron chi connectivity index (χ1n) is 5.73. The molecule has 88 valence electrons. The normalized spacial score (nSPS) is 30.3. The van der Waals surface area contributed by atoms with Crippen LogP contribution >= 0.6 is 0 Å². The molecular weight excluding hydrogens is 190 g/mol. The molecule has 0 saturated carbocycles. The van der Waals surface area contributed by atoms with Crippen molar-refractivity contribution in [1.29, 1.82) is 0 Å². The number of carbonyl (C=O) groups excluding carboxylic acids is 1. The summed E-state index contributed by atoms with van der Waals surface area (Å²) in [7, 11) is 2.11. The van der Waals surface area contributed by atoms with E-state index < -0.39 is 0 Å². The molecule has 0 aliphatic carbocycles. The van der Waals surface area contributed by atoms with Gasteiger partial charge in [-0.05, 0) is 27.3 Å². The molecule has 1 aliphatic heterocycles. The van der Waals surface area contributed by atoms with E-state index in [1.54, 1.807) is 0 Å². The number of nitrogens with zero attached hydrogens (tertiary/aromatic N) is 2. The standard InChI is InChI=1S/C11H23N3O/c1-5-10(12)11(15)14-6-8(2)13(4)9(3)7-14/h8-10H,5-7,12H2,1-4H3/t8-,9+,10?. The van der Waals surface area contributed by atoms with Crippen LogP contribution in [0.5, 0.6) is 0 Å². The Hall–Kier alpha value is -0.610. The number of nitrogens with two attached hydrogens (primary N) is 1. The molecule has 4 heteroatoms. The summed E-state index contributed by atoms with van der Waals surface area (Å²) in [6, 6.07) is 0.510. The highest BCUT2D eigenvalue weighted by molar-refractivity contribution is 5.81. The predicted octanol–water partition coefficient (Wildman–Crippen LogP) is 0.275. The third kappa shape index (κ3) is 2.69. The summed E-state index contributed by atoms with van der Waals surface area (Å²) in [6.07, 6.45) is 0.716.